The fraction of sp³-hybridized carbons (Fsp3) is 0.692. The number of hydrogen-bond donors (Lipinski definition) is 6. The van der Waals surface area contributed by atoms with Crippen molar-refractivity contribution in [3.8, 4) is 0 Å². The van der Waals surface area contributed by atoms with Gasteiger partial charge in [-0.15, -0.1) is 0 Å². The molecule has 6 N–H and O–H groups in total. The third kappa shape index (κ3) is 4.95. The lowest BCUT2D eigenvalue weighted by Crippen LogP contribution is -2.35. The molecule has 5 unspecified atom stereocenters. The molecule has 0 saturated carbocycles. The molecule has 0 aromatic carbocycles. The summed E-state index contributed by atoms with van der Waals surface area (Å²) in [6.45, 7) is 0.740. The van der Waals surface area contributed by atoms with Crippen molar-refractivity contribution in [2.45, 2.75) is 37.8 Å². The Balaban J connectivity index is 2.69. The summed E-state index contributed by atoms with van der Waals surface area (Å²) in [6.07, 6.45) is -2.31. The first-order valence-corrected chi connectivity index (χ1v) is 6.65. The smallest absolute Gasteiger partial charge is 0.126 e. The summed E-state index contributed by atoms with van der Waals surface area (Å²) in [4.78, 5) is 8.00. The molecule has 5 atom stereocenters. The van der Waals surface area contributed by atoms with Gasteiger partial charge in [-0.2, -0.15) is 0 Å². The number of hydrogen-bond acceptors (Lipinski definition) is 8. The van der Waals surface area contributed by atoms with Crippen LogP contribution in [0.2, 0.25) is 0 Å². The van der Waals surface area contributed by atoms with E-state index in [0.717, 1.165) is 0 Å². The lowest BCUT2D eigenvalue weighted by molar-refractivity contribution is -0.0790. The number of aliphatic hydroxyl groups excluding tert-OH is 6. The van der Waals surface area contributed by atoms with Gasteiger partial charge in [0.1, 0.15) is 18.3 Å². The molecule has 1 aromatic rings. The molecule has 120 valence electrons. The van der Waals surface area contributed by atoms with Crippen molar-refractivity contribution in [2.24, 2.45) is 5.92 Å². The zero-order valence-corrected chi connectivity index (χ0v) is 11.7. The molecule has 21 heavy (non-hydrogen) atoms. The zero-order valence-electron chi connectivity index (χ0n) is 11.7. The Morgan fingerprint density at radius 3 is 2.05 bits per heavy atom. The summed E-state index contributed by atoms with van der Waals surface area (Å²) >= 11 is 0. The normalized spacial score (nSPS) is 18.8. The van der Waals surface area contributed by atoms with E-state index < -0.39 is 31.0 Å². The fourth-order valence-corrected chi connectivity index (χ4v) is 1.76. The molecule has 0 bridgehead atoms. The first-order valence-electron chi connectivity index (χ1n) is 6.65. The van der Waals surface area contributed by atoms with Crippen LogP contribution in [0.1, 0.15) is 24.4 Å². The van der Waals surface area contributed by atoms with Gasteiger partial charge in [0, 0.05) is 6.20 Å². The van der Waals surface area contributed by atoms with Gasteiger partial charge in [-0.05, 0) is 12.3 Å². The Kier molecular flexibility index (Phi) is 7.09. The summed E-state index contributed by atoms with van der Waals surface area (Å²) in [5.41, 5.74) is 0.622. The highest BCUT2D eigenvalue weighted by molar-refractivity contribution is 5.07. The van der Waals surface area contributed by atoms with Gasteiger partial charge in [-0.1, -0.05) is 6.92 Å². The van der Waals surface area contributed by atoms with Crippen LogP contribution in [0.15, 0.2) is 12.4 Å². The van der Waals surface area contributed by atoms with Crippen molar-refractivity contribution in [1.29, 1.82) is 0 Å². The Labute approximate surface area is 122 Å². The van der Waals surface area contributed by atoms with Crippen LogP contribution in [0.5, 0.6) is 0 Å². The molecule has 8 nitrogen and oxygen atoms in total. The second-order valence-electron chi connectivity index (χ2n) is 5.05. The molecule has 0 radical (unpaired) electrons. The number of aromatic nitrogens is 2. The van der Waals surface area contributed by atoms with E-state index in [2.05, 4.69) is 9.97 Å². The maximum atomic E-state index is 9.79. The van der Waals surface area contributed by atoms with E-state index >= 15 is 0 Å². The highest BCUT2D eigenvalue weighted by Gasteiger charge is 2.26. The van der Waals surface area contributed by atoms with Crippen LogP contribution in [0.25, 0.3) is 0 Å². The van der Waals surface area contributed by atoms with Gasteiger partial charge in [-0.3, -0.25) is 9.97 Å². The highest BCUT2D eigenvalue weighted by Crippen LogP contribution is 2.17. The predicted octanol–water partition coefficient (Wildman–Crippen LogP) is -2.24. The average Bonchev–Trinajstić information content (AvgIpc) is 2.52. The molecule has 0 fully saturated rings. The molecular formula is C13H22N2O6. The molecule has 0 aliphatic rings. The van der Waals surface area contributed by atoms with Gasteiger partial charge in [0.15, 0.2) is 0 Å². The van der Waals surface area contributed by atoms with E-state index in [4.69, 9.17) is 10.2 Å². The largest absolute Gasteiger partial charge is 0.394 e. The molecule has 0 spiro atoms. The minimum atomic E-state index is -1.56. The molecule has 0 amide bonds. The monoisotopic (exact) mass is 302 g/mol. The van der Waals surface area contributed by atoms with Crippen LogP contribution in [-0.2, 0) is 6.42 Å². The second-order valence-corrected chi connectivity index (χ2v) is 5.05. The Bertz CT molecular complexity index is 416. The maximum Gasteiger partial charge on any atom is 0.126 e. The maximum absolute atomic E-state index is 9.79. The fourth-order valence-electron chi connectivity index (χ4n) is 1.76. The average molecular weight is 302 g/mol. The van der Waals surface area contributed by atoms with Crippen molar-refractivity contribution in [2.75, 3.05) is 13.2 Å². The summed E-state index contributed by atoms with van der Waals surface area (Å²) in [5, 5.41) is 55.7. The topological polar surface area (TPSA) is 147 Å². The molecule has 1 rings (SSSR count). The van der Waals surface area contributed by atoms with Crippen molar-refractivity contribution in [3.05, 3.63) is 23.8 Å². The third-order valence-electron chi connectivity index (χ3n) is 3.31. The quantitative estimate of drug-likeness (QED) is 0.316. The molecule has 0 saturated heterocycles. The van der Waals surface area contributed by atoms with Crippen molar-refractivity contribution < 1.29 is 30.6 Å². The number of rotatable bonds is 8. The van der Waals surface area contributed by atoms with Gasteiger partial charge in [0.25, 0.3) is 0 Å². The first kappa shape index (κ1) is 17.9. The molecule has 0 aliphatic heterocycles. The van der Waals surface area contributed by atoms with E-state index in [0.29, 0.717) is 12.1 Å². The van der Waals surface area contributed by atoms with E-state index in [1.54, 1.807) is 6.92 Å². The highest BCUT2D eigenvalue weighted by atomic mass is 16.4. The van der Waals surface area contributed by atoms with Crippen LogP contribution in [0.4, 0.5) is 0 Å². The SMILES string of the molecule is CC(Cc1cnc(C(O)C(O)C(O)CO)cn1)C(O)CO. The Morgan fingerprint density at radius 2 is 1.57 bits per heavy atom. The second kappa shape index (κ2) is 8.32. The summed E-state index contributed by atoms with van der Waals surface area (Å²) in [6, 6.07) is 0. The predicted molar refractivity (Wildman–Crippen MR) is 72.1 cm³/mol. The van der Waals surface area contributed by atoms with Crippen molar-refractivity contribution in [3.63, 3.8) is 0 Å². The van der Waals surface area contributed by atoms with E-state index in [-0.39, 0.29) is 18.2 Å². The summed E-state index contributed by atoms with van der Waals surface area (Å²) < 4.78 is 0. The summed E-state index contributed by atoms with van der Waals surface area (Å²) in [5.74, 6) is -0.207. The van der Waals surface area contributed by atoms with Crippen molar-refractivity contribution >= 4 is 0 Å². The lowest BCUT2D eigenvalue weighted by Gasteiger charge is -2.21. The Hall–Kier alpha value is -1.16. The molecule has 0 aliphatic carbocycles. The van der Waals surface area contributed by atoms with E-state index in [1.165, 1.54) is 12.4 Å². The van der Waals surface area contributed by atoms with Crippen LogP contribution in [0, 0.1) is 5.92 Å². The van der Waals surface area contributed by atoms with Crippen LogP contribution in [-0.4, -0.2) is 72.1 Å². The Morgan fingerprint density at radius 1 is 0.952 bits per heavy atom. The van der Waals surface area contributed by atoms with E-state index in [9.17, 15) is 20.4 Å². The van der Waals surface area contributed by atoms with Gasteiger partial charge < -0.3 is 30.6 Å². The lowest BCUT2D eigenvalue weighted by atomic mass is 9.99. The van der Waals surface area contributed by atoms with E-state index in [1.807, 2.05) is 0 Å². The minimum absolute atomic E-state index is 0.0640. The number of aliphatic hydroxyl groups is 6. The standard InChI is InChI=1S/C13H22N2O6/c1-7(10(18)5-16)2-8-3-15-9(4-14-8)12(20)13(21)11(19)6-17/h3-4,7,10-13,16-21H,2,5-6H2,1H3. The molecular weight excluding hydrogens is 280 g/mol. The summed E-state index contributed by atoms with van der Waals surface area (Å²) in [7, 11) is 0. The van der Waals surface area contributed by atoms with Crippen LogP contribution in [0.3, 0.4) is 0 Å². The third-order valence-corrected chi connectivity index (χ3v) is 3.31. The van der Waals surface area contributed by atoms with Crippen LogP contribution >= 0.6 is 0 Å². The molecule has 1 heterocycles. The first-order chi connectivity index (χ1) is 9.90. The van der Waals surface area contributed by atoms with Gasteiger partial charge in [-0.25, -0.2) is 0 Å². The molecule has 1 aromatic heterocycles. The van der Waals surface area contributed by atoms with Gasteiger partial charge >= 0.3 is 0 Å². The molecule has 8 heteroatoms. The van der Waals surface area contributed by atoms with Crippen molar-refractivity contribution in [1.82, 2.24) is 9.97 Å². The zero-order chi connectivity index (χ0) is 16.0. The van der Waals surface area contributed by atoms with Gasteiger partial charge in [0.05, 0.1) is 36.9 Å². The van der Waals surface area contributed by atoms with Crippen LogP contribution < -0.4 is 0 Å². The van der Waals surface area contributed by atoms with Gasteiger partial charge in [0.2, 0.25) is 0 Å². The minimum Gasteiger partial charge on any atom is -0.394 e. The number of nitrogens with zero attached hydrogens (tertiary/aromatic N) is 2.